The molecular weight excluding hydrogens is 422 g/mol. The highest BCUT2D eigenvalue weighted by Crippen LogP contribution is 2.39. The van der Waals surface area contributed by atoms with Gasteiger partial charge in [-0.05, 0) is 29.0 Å². The highest BCUT2D eigenvalue weighted by atomic mass is 32.1. The van der Waals surface area contributed by atoms with Gasteiger partial charge in [0.05, 0.1) is 0 Å². The number of nitrogens with zero attached hydrogens (tertiary/aromatic N) is 3. The first-order chi connectivity index (χ1) is 16.0. The van der Waals surface area contributed by atoms with Gasteiger partial charge < -0.3 is 0 Å². The van der Waals surface area contributed by atoms with Gasteiger partial charge in [-0.25, -0.2) is 15.0 Å². The van der Waals surface area contributed by atoms with Crippen molar-refractivity contribution < 1.29 is 0 Å². The van der Waals surface area contributed by atoms with Crippen LogP contribution in [0.4, 0.5) is 0 Å². The van der Waals surface area contributed by atoms with Gasteiger partial charge in [0.25, 0.3) is 0 Å². The zero-order valence-corrected chi connectivity index (χ0v) is 19.6. The summed E-state index contributed by atoms with van der Waals surface area (Å²) in [5.41, 5.74) is 1.86. The lowest BCUT2D eigenvalue weighted by molar-refractivity contribution is 0.543. The standard InChI is InChI=1S/C29H23N3S/c1-29(2,3)28-31-26(20-16-15-18-9-4-5-10-19(18)17-20)30-27(32-28)22-12-8-14-24-25(22)21-11-6-7-13-23(21)33-24/h4-17H,1-3H3. The van der Waals surface area contributed by atoms with Gasteiger partial charge in [0, 0.05) is 36.7 Å². The van der Waals surface area contributed by atoms with E-state index in [0.29, 0.717) is 5.82 Å². The molecule has 0 unspecified atom stereocenters. The number of benzene rings is 4. The molecule has 0 aliphatic carbocycles. The molecule has 0 N–H and O–H groups in total. The minimum absolute atomic E-state index is 0.200. The Hall–Kier alpha value is -3.63. The summed E-state index contributed by atoms with van der Waals surface area (Å²) in [6, 6.07) is 29.8. The molecule has 160 valence electrons. The van der Waals surface area contributed by atoms with E-state index in [4.69, 9.17) is 15.0 Å². The molecule has 0 bridgehead atoms. The molecule has 4 heteroatoms. The minimum atomic E-state index is -0.200. The van der Waals surface area contributed by atoms with Crippen molar-refractivity contribution in [2.24, 2.45) is 0 Å². The van der Waals surface area contributed by atoms with Gasteiger partial charge in [0.2, 0.25) is 0 Å². The fourth-order valence-electron chi connectivity index (χ4n) is 4.25. The third-order valence-electron chi connectivity index (χ3n) is 5.96. The van der Waals surface area contributed by atoms with Crippen LogP contribution in [0.25, 0.3) is 53.7 Å². The number of hydrogen-bond donors (Lipinski definition) is 0. The van der Waals surface area contributed by atoms with Gasteiger partial charge in [0.1, 0.15) is 5.82 Å². The van der Waals surface area contributed by atoms with E-state index in [1.54, 1.807) is 0 Å². The minimum Gasteiger partial charge on any atom is -0.212 e. The molecule has 33 heavy (non-hydrogen) atoms. The maximum absolute atomic E-state index is 5.01. The molecule has 2 heterocycles. The van der Waals surface area contributed by atoms with Gasteiger partial charge in [-0.2, -0.15) is 0 Å². The zero-order valence-electron chi connectivity index (χ0n) is 18.8. The van der Waals surface area contributed by atoms with Gasteiger partial charge in [-0.15, -0.1) is 11.3 Å². The van der Waals surface area contributed by atoms with Crippen molar-refractivity contribution >= 4 is 42.3 Å². The molecule has 6 rings (SSSR count). The van der Waals surface area contributed by atoms with Crippen molar-refractivity contribution in [3.8, 4) is 22.8 Å². The van der Waals surface area contributed by atoms with Crippen molar-refractivity contribution in [2.45, 2.75) is 26.2 Å². The second-order valence-corrected chi connectivity index (χ2v) is 10.5. The first-order valence-corrected chi connectivity index (χ1v) is 12.0. The quantitative estimate of drug-likeness (QED) is 0.271. The average molecular weight is 446 g/mol. The van der Waals surface area contributed by atoms with Gasteiger partial charge in [-0.1, -0.05) is 87.5 Å². The Kier molecular flexibility index (Phi) is 4.52. The number of rotatable bonds is 2. The Balaban J connectivity index is 1.63. The Labute approximate surface area is 196 Å². The molecule has 0 fully saturated rings. The van der Waals surface area contributed by atoms with Gasteiger partial charge >= 0.3 is 0 Å². The van der Waals surface area contributed by atoms with Crippen molar-refractivity contribution in [3.63, 3.8) is 0 Å². The molecule has 0 radical (unpaired) electrons. The summed E-state index contributed by atoms with van der Waals surface area (Å²) in [4.78, 5) is 14.9. The monoisotopic (exact) mass is 445 g/mol. The van der Waals surface area contributed by atoms with Crippen LogP contribution in [-0.2, 0) is 5.41 Å². The summed E-state index contributed by atoms with van der Waals surface area (Å²) < 4.78 is 2.53. The fourth-order valence-corrected chi connectivity index (χ4v) is 5.38. The van der Waals surface area contributed by atoms with E-state index in [1.165, 1.54) is 30.9 Å². The van der Waals surface area contributed by atoms with Crippen LogP contribution in [0.2, 0.25) is 0 Å². The summed E-state index contributed by atoms with van der Waals surface area (Å²) in [5, 5.41) is 4.85. The number of hydrogen-bond acceptors (Lipinski definition) is 4. The van der Waals surface area contributed by atoms with Crippen LogP contribution in [0.5, 0.6) is 0 Å². The third kappa shape index (κ3) is 3.47. The normalized spacial score (nSPS) is 12.1. The molecule has 0 amide bonds. The second kappa shape index (κ2) is 7.46. The molecule has 0 saturated carbocycles. The molecule has 3 nitrogen and oxygen atoms in total. The lowest BCUT2D eigenvalue weighted by Crippen LogP contribution is -2.18. The van der Waals surface area contributed by atoms with Crippen LogP contribution in [0, 0.1) is 0 Å². The highest BCUT2D eigenvalue weighted by molar-refractivity contribution is 7.25. The second-order valence-electron chi connectivity index (χ2n) is 9.40. The predicted molar refractivity (Wildman–Crippen MR) is 140 cm³/mol. The SMILES string of the molecule is CC(C)(C)c1nc(-c2ccc3ccccc3c2)nc(-c2cccc3sc4ccccc4c23)n1. The molecule has 4 aromatic carbocycles. The Morgan fingerprint density at radius 1 is 0.636 bits per heavy atom. The third-order valence-corrected chi connectivity index (χ3v) is 7.09. The molecule has 2 aromatic heterocycles. The van der Waals surface area contributed by atoms with Crippen LogP contribution in [0.3, 0.4) is 0 Å². The molecular formula is C29H23N3S. The number of fused-ring (bicyclic) bond motifs is 4. The number of thiophene rings is 1. The topological polar surface area (TPSA) is 38.7 Å². The number of aromatic nitrogens is 3. The van der Waals surface area contributed by atoms with Crippen LogP contribution in [0.15, 0.2) is 84.9 Å². The summed E-state index contributed by atoms with van der Waals surface area (Å²) >= 11 is 1.81. The Bertz CT molecular complexity index is 1660. The van der Waals surface area contributed by atoms with Crippen LogP contribution < -0.4 is 0 Å². The van der Waals surface area contributed by atoms with Gasteiger partial charge in [0.15, 0.2) is 11.6 Å². The lowest BCUT2D eigenvalue weighted by Gasteiger charge is -2.18. The maximum atomic E-state index is 5.01. The first kappa shape index (κ1) is 20.0. The van der Waals surface area contributed by atoms with Crippen molar-refractivity contribution in [1.29, 1.82) is 0 Å². The van der Waals surface area contributed by atoms with Gasteiger partial charge in [-0.3, -0.25) is 0 Å². The van der Waals surface area contributed by atoms with E-state index in [9.17, 15) is 0 Å². The van der Waals surface area contributed by atoms with Crippen molar-refractivity contribution in [3.05, 3.63) is 90.8 Å². The summed E-state index contributed by atoms with van der Waals surface area (Å²) in [5.74, 6) is 2.24. The molecule has 0 atom stereocenters. The molecule has 0 saturated heterocycles. The van der Waals surface area contributed by atoms with E-state index < -0.39 is 0 Å². The molecule has 6 aromatic rings. The predicted octanol–water partition coefficient (Wildman–Crippen LogP) is 8.02. The molecule has 0 aliphatic heterocycles. The highest BCUT2D eigenvalue weighted by Gasteiger charge is 2.22. The van der Waals surface area contributed by atoms with Crippen molar-refractivity contribution in [1.82, 2.24) is 15.0 Å². The van der Waals surface area contributed by atoms with E-state index >= 15 is 0 Å². The smallest absolute Gasteiger partial charge is 0.164 e. The molecule has 0 spiro atoms. The van der Waals surface area contributed by atoms with Crippen molar-refractivity contribution in [2.75, 3.05) is 0 Å². The fraction of sp³-hybridized carbons (Fsp3) is 0.138. The van der Waals surface area contributed by atoms with E-state index in [2.05, 4.69) is 106 Å². The maximum Gasteiger partial charge on any atom is 0.164 e. The van der Waals surface area contributed by atoms with Crippen LogP contribution in [0.1, 0.15) is 26.6 Å². The summed E-state index contributed by atoms with van der Waals surface area (Å²) in [6.45, 7) is 6.45. The largest absolute Gasteiger partial charge is 0.212 e. The van der Waals surface area contributed by atoms with E-state index in [1.807, 2.05) is 11.3 Å². The Morgan fingerprint density at radius 2 is 1.36 bits per heavy atom. The van der Waals surface area contributed by atoms with Crippen LogP contribution in [-0.4, -0.2) is 15.0 Å². The summed E-state index contributed by atoms with van der Waals surface area (Å²) in [7, 11) is 0. The first-order valence-electron chi connectivity index (χ1n) is 11.1. The Morgan fingerprint density at radius 3 is 2.21 bits per heavy atom. The van der Waals surface area contributed by atoms with Crippen LogP contribution >= 0.6 is 11.3 Å². The zero-order chi connectivity index (χ0) is 22.6. The van der Waals surface area contributed by atoms with E-state index in [0.717, 1.165) is 22.8 Å². The summed E-state index contributed by atoms with van der Waals surface area (Å²) in [6.07, 6.45) is 0. The van der Waals surface area contributed by atoms with E-state index in [-0.39, 0.29) is 5.41 Å². The lowest BCUT2D eigenvalue weighted by atomic mass is 9.95. The molecule has 0 aliphatic rings. The average Bonchev–Trinajstić information content (AvgIpc) is 3.22.